The Hall–Kier alpha value is -1.96. The zero-order valence-corrected chi connectivity index (χ0v) is 13.4. The predicted molar refractivity (Wildman–Crippen MR) is 86.2 cm³/mol. The van der Waals surface area contributed by atoms with Crippen LogP contribution in [0, 0.1) is 15.9 Å². The van der Waals surface area contributed by atoms with Crippen molar-refractivity contribution in [2.75, 3.05) is 5.75 Å². The molecule has 0 aliphatic carbocycles. The van der Waals surface area contributed by atoms with Crippen LogP contribution in [0.2, 0.25) is 0 Å². The number of nitrogens with two attached hydrogens (primary N) is 1. The third-order valence-corrected chi connectivity index (χ3v) is 7.27. The molecule has 0 fully saturated rings. The first-order chi connectivity index (χ1) is 9.91. The fourth-order valence-corrected chi connectivity index (χ4v) is 4.35. The molecule has 1 heterocycles. The average Bonchev–Trinajstić information content (AvgIpc) is 2.36. The van der Waals surface area contributed by atoms with E-state index in [1.54, 1.807) is 20.8 Å². The number of nitro benzene ring substituents is 1. The van der Waals surface area contributed by atoms with Gasteiger partial charge in [0.2, 0.25) is 0 Å². The predicted octanol–water partition coefficient (Wildman–Crippen LogP) is 1.81. The second-order valence-electron chi connectivity index (χ2n) is 6.16. The number of nitrogens with zero attached hydrogens (tertiary/aromatic N) is 2. The SMILES string of the molecule is C=S1(=O)C[C@@](C)(c2cc([N+](=O)[O-])ccc2F)N=C(N)C1(C)C. The molecule has 22 heavy (non-hydrogen) atoms. The summed E-state index contributed by atoms with van der Waals surface area (Å²) in [5.74, 6) is 3.17. The van der Waals surface area contributed by atoms with Gasteiger partial charge in [-0.25, -0.2) is 4.39 Å². The van der Waals surface area contributed by atoms with Crippen LogP contribution >= 0.6 is 0 Å². The van der Waals surface area contributed by atoms with Crippen LogP contribution in [-0.4, -0.2) is 31.3 Å². The zero-order chi connectivity index (χ0) is 16.9. The Morgan fingerprint density at radius 2 is 2.05 bits per heavy atom. The molecule has 8 heteroatoms. The molecule has 1 unspecified atom stereocenters. The maximum absolute atomic E-state index is 14.2. The van der Waals surface area contributed by atoms with Gasteiger partial charge < -0.3 is 5.73 Å². The van der Waals surface area contributed by atoms with Crippen molar-refractivity contribution < 1.29 is 13.5 Å². The molecule has 0 amide bonds. The van der Waals surface area contributed by atoms with E-state index < -0.39 is 30.5 Å². The van der Waals surface area contributed by atoms with Crippen molar-refractivity contribution in [3.8, 4) is 0 Å². The number of hydrogen-bond donors (Lipinski definition) is 1. The lowest BCUT2D eigenvalue weighted by Gasteiger charge is -2.40. The average molecular weight is 327 g/mol. The highest BCUT2D eigenvalue weighted by molar-refractivity contribution is 8.02. The van der Waals surface area contributed by atoms with E-state index in [-0.39, 0.29) is 22.8 Å². The van der Waals surface area contributed by atoms with E-state index in [0.29, 0.717) is 0 Å². The summed E-state index contributed by atoms with van der Waals surface area (Å²) >= 11 is 0. The Morgan fingerprint density at radius 3 is 2.55 bits per heavy atom. The Bertz CT molecular complexity index is 787. The lowest BCUT2D eigenvalue weighted by atomic mass is 9.93. The molecule has 6 nitrogen and oxygen atoms in total. The molecule has 0 spiro atoms. The molecule has 0 radical (unpaired) electrons. The van der Waals surface area contributed by atoms with Crippen LogP contribution < -0.4 is 5.73 Å². The van der Waals surface area contributed by atoms with Gasteiger partial charge in [0.15, 0.2) is 0 Å². The second-order valence-corrected chi connectivity index (χ2v) is 9.09. The van der Waals surface area contributed by atoms with Crippen molar-refractivity contribution in [3.05, 3.63) is 39.7 Å². The maximum Gasteiger partial charge on any atom is 0.270 e. The monoisotopic (exact) mass is 327 g/mol. The number of non-ortho nitro benzene ring substituents is 1. The second kappa shape index (κ2) is 4.77. The molecule has 1 aromatic rings. The minimum Gasteiger partial charge on any atom is -0.386 e. The standard InChI is InChI=1S/C14H18FN3O3S/c1-13(2)12(16)17-14(3,8-22(13,4)21)10-7-9(18(19)20)5-6-11(10)15/h5-7H,4,8H2,1-3H3,(H2,16,17)/t14-,22?/m0/s1. The third kappa shape index (κ3) is 2.37. The van der Waals surface area contributed by atoms with Gasteiger partial charge in [0.05, 0.1) is 15.2 Å². The van der Waals surface area contributed by atoms with Crippen LogP contribution in [0.1, 0.15) is 26.3 Å². The number of halogens is 1. The van der Waals surface area contributed by atoms with Crippen molar-refractivity contribution in [2.24, 2.45) is 10.7 Å². The van der Waals surface area contributed by atoms with Crippen LogP contribution in [0.4, 0.5) is 10.1 Å². The minimum absolute atomic E-state index is 0.00322. The molecule has 2 N–H and O–H groups in total. The lowest BCUT2D eigenvalue weighted by molar-refractivity contribution is -0.385. The van der Waals surface area contributed by atoms with E-state index in [0.717, 1.165) is 18.2 Å². The molecular formula is C14H18FN3O3S. The number of rotatable bonds is 2. The van der Waals surface area contributed by atoms with Gasteiger partial charge in [-0.2, -0.15) is 0 Å². The van der Waals surface area contributed by atoms with Crippen LogP contribution in [0.25, 0.3) is 0 Å². The molecule has 1 aliphatic heterocycles. The van der Waals surface area contributed by atoms with Gasteiger partial charge in [-0.1, -0.05) is 0 Å². The summed E-state index contributed by atoms with van der Waals surface area (Å²) in [6.07, 6.45) is 0. The van der Waals surface area contributed by atoms with Gasteiger partial charge >= 0.3 is 0 Å². The fourth-order valence-electron chi connectivity index (χ4n) is 2.44. The molecule has 120 valence electrons. The summed E-state index contributed by atoms with van der Waals surface area (Å²) in [7, 11) is -2.71. The van der Waals surface area contributed by atoms with Crippen LogP contribution in [-0.2, 0) is 15.1 Å². The first-order valence-corrected chi connectivity index (χ1v) is 8.45. The minimum atomic E-state index is -2.71. The van der Waals surface area contributed by atoms with Crippen LogP contribution in [0.15, 0.2) is 23.2 Å². The van der Waals surface area contributed by atoms with E-state index in [1.807, 2.05) is 0 Å². The normalized spacial score (nSPS) is 30.6. The summed E-state index contributed by atoms with van der Waals surface area (Å²) in [6, 6.07) is 3.19. The van der Waals surface area contributed by atoms with E-state index in [4.69, 9.17) is 5.73 Å². The van der Waals surface area contributed by atoms with Crippen molar-refractivity contribution in [1.82, 2.24) is 0 Å². The highest BCUT2D eigenvalue weighted by Crippen LogP contribution is 2.38. The zero-order valence-electron chi connectivity index (χ0n) is 12.6. The summed E-state index contributed by atoms with van der Waals surface area (Å²) < 4.78 is 26.1. The molecule has 1 aromatic carbocycles. The van der Waals surface area contributed by atoms with Crippen molar-refractivity contribution in [1.29, 1.82) is 0 Å². The number of aliphatic imine (C=N–C) groups is 1. The van der Waals surface area contributed by atoms with Gasteiger partial charge in [0.25, 0.3) is 5.69 Å². The summed E-state index contributed by atoms with van der Waals surface area (Å²) in [5, 5.41) is 10.9. The van der Waals surface area contributed by atoms with Gasteiger partial charge in [0.1, 0.15) is 11.7 Å². The van der Waals surface area contributed by atoms with Gasteiger partial charge in [0, 0.05) is 23.4 Å². The molecule has 2 rings (SSSR count). The van der Waals surface area contributed by atoms with Gasteiger partial charge in [-0.05, 0) is 42.2 Å². The van der Waals surface area contributed by atoms with E-state index >= 15 is 0 Å². The Morgan fingerprint density at radius 1 is 1.45 bits per heavy atom. The van der Waals surface area contributed by atoms with Gasteiger partial charge in [-0.15, -0.1) is 0 Å². The first-order valence-electron chi connectivity index (χ1n) is 6.55. The van der Waals surface area contributed by atoms with Gasteiger partial charge in [-0.3, -0.25) is 19.3 Å². The Balaban J connectivity index is 2.70. The third-order valence-electron chi connectivity index (χ3n) is 4.17. The first kappa shape index (κ1) is 16.4. The number of hydrogen-bond acceptors (Lipinski definition) is 5. The van der Waals surface area contributed by atoms with Crippen molar-refractivity contribution in [3.63, 3.8) is 0 Å². The topological polar surface area (TPSA) is 98.6 Å². The highest BCUT2D eigenvalue weighted by atomic mass is 32.2. The number of nitro groups is 1. The maximum atomic E-state index is 14.2. The molecule has 0 saturated heterocycles. The van der Waals surface area contributed by atoms with E-state index in [2.05, 4.69) is 10.9 Å². The number of benzene rings is 1. The lowest BCUT2D eigenvalue weighted by Crippen LogP contribution is -2.54. The largest absolute Gasteiger partial charge is 0.386 e. The molecule has 2 atom stereocenters. The highest BCUT2D eigenvalue weighted by Gasteiger charge is 2.46. The number of amidine groups is 1. The van der Waals surface area contributed by atoms with Crippen LogP contribution in [0.3, 0.4) is 0 Å². The Kier molecular flexibility index (Phi) is 3.56. The van der Waals surface area contributed by atoms with E-state index in [9.17, 15) is 18.7 Å². The summed E-state index contributed by atoms with van der Waals surface area (Å²) in [6.45, 7) is 4.90. The quantitative estimate of drug-likeness (QED) is 0.509. The molecule has 0 saturated carbocycles. The smallest absolute Gasteiger partial charge is 0.270 e. The fraction of sp³-hybridized carbons (Fsp3) is 0.429. The summed E-state index contributed by atoms with van der Waals surface area (Å²) in [4.78, 5) is 14.6. The van der Waals surface area contributed by atoms with Crippen molar-refractivity contribution in [2.45, 2.75) is 31.1 Å². The Labute approximate surface area is 128 Å². The van der Waals surface area contributed by atoms with Crippen molar-refractivity contribution >= 4 is 26.9 Å². The molecular weight excluding hydrogens is 309 g/mol. The van der Waals surface area contributed by atoms with Crippen LogP contribution in [0.5, 0.6) is 0 Å². The van der Waals surface area contributed by atoms with E-state index in [1.165, 1.54) is 0 Å². The molecule has 1 aliphatic rings. The molecule has 0 aromatic heterocycles. The summed E-state index contributed by atoms with van der Waals surface area (Å²) in [5.41, 5.74) is 4.41. The molecule has 0 bridgehead atoms.